The quantitative estimate of drug-likeness (QED) is 0.706. The Balaban J connectivity index is 2.48. The number of thioether (sulfide) groups is 1. The standard InChI is InChI=1S/C13H18N2O4S/c1-9(2)19-10-4-3-5-14-12(10)13(18)15-6-7-20-8-11(16)17/h3-5,9H,6-8H2,1-2H3,(H,15,18)(H,16,17). The smallest absolute Gasteiger partial charge is 0.313 e. The van der Waals surface area contributed by atoms with Gasteiger partial charge in [0.05, 0.1) is 11.9 Å². The van der Waals surface area contributed by atoms with Gasteiger partial charge in [0.2, 0.25) is 0 Å². The largest absolute Gasteiger partial charge is 0.489 e. The van der Waals surface area contributed by atoms with Gasteiger partial charge in [0.1, 0.15) is 0 Å². The van der Waals surface area contributed by atoms with Crippen LogP contribution < -0.4 is 10.1 Å². The molecule has 0 aliphatic carbocycles. The molecule has 0 radical (unpaired) electrons. The lowest BCUT2D eigenvalue weighted by molar-refractivity contribution is -0.133. The summed E-state index contributed by atoms with van der Waals surface area (Å²) < 4.78 is 5.52. The van der Waals surface area contributed by atoms with Crippen LogP contribution in [0.1, 0.15) is 24.3 Å². The first-order valence-electron chi connectivity index (χ1n) is 6.20. The first kappa shape index (κ1) is 16.3. The fourth-order valence-corrected chi connectivity index (χ4v) is 1.96. The molecule has 0 saturated carbocycles. The van der Waals surface area contributed by atoms with Gasteiger partial charge in [-0.3, -0.25) is 9.59 Å². The van der Waals surface area contributed by atoms with Gasteiger partial charge < -0.3 is 15.2 Å². The highest BCUT2D eigenvalue weighted by Crippen LogP contribution is 2.16. The van der Waals surface area contributed by atoms with Crippen molar-refractivity contribution >= 4 is 23.6 Å². The average Bonchev–Trinajstić information content (AvgIpc) is 2.37. The van der Waals surface area contributed by atoms with Crippen LogP contribution in [0.5, 0.6) is 5.75 Å². The van der Waals surface area contributed by atoms with E-state index in [0.717, 1.165) is 0 Å². The van der Waals surface area contributed by atoms with E-state index in [9.17, 15) is 9.59 Å². The van der Waals surface area contributed by atoms with E-state index in [1.54, 1.807) is 12.1 Å². The molecular weight excluding hydrogens is 280 g/mol. The first-order chi connectivity index (χ1) is 9.50. The Morgan fingerprint density at radius 2 is 2.25 bits per heavy atom. The Hall–Kier alpha value is -1.76. The van der Waals surface area contributed by atoms with Crippen molar-refractivity contribution in [2.45, 2.75) is 20.0 Å². The molecule has 6 nitrogen and oxygen atoms in total. The lowest BCUT2D eigenvalue weighted by atomic mass is 10.3. The maximum absolute atomic E-state index is 12.0. The number of nitrogens with one attached hydrogen (secondary N) is 1. The van der Waals surface area contributed by atoms with Crippen molar-refractivity contribution in [3.63, 3.8) is 0 Å². The van der Waals surface area contributed by atoms with E-state index in [-0.39, 0.29) is 23.5 Å². The molecule has 20 heavy (non-hydrogen) atoms. The molecule has 0 spiro atoms. The van der Waals surface area contributed by atoms with Gasteiger partial charge >= 0.3 is 5.97 Å². The molecule has 0 saturated heterocycles. The van der Waals surface area contributed by atoms with Crippen LogP contribution in [0.2, 0.25) is 0 Å². The molecule has 0 fully saturated rings. The molecule has 0 atom stereocenters. The summed E-state index contributed by atoms with van der Waals surface area (Å²) in [5.74, 6) is -0.180. The maximum atomic E-state index is 12.0. The summed E-state index contributed by atoms with van der Waals surface area (Å²) in [5, 5.41) is 11.2. The number of carboxylic acids is 1. The zero-order valence-corrected chi connectivity index (χ0v) is 12.3. The Morgan fingerprint density at radius 3 is 2.90 bits per heavy atom. The Kier molecular flexibility index (Phi) is 6.86. The maximum Gasteiger partial charge on any atom is 0.313 e. The highest BCUT2D eigenvalue weighted by Gasteiger charge is 2.14. The molecule has 1 amide bonds. The molecule has 0 unspecified atom stereocenters. The van der Waals surface area contributed by atoms with Crippen LogP contribution in [-0.2, 0) is 4.79 Å². The minimum absolute atomic E-state index is 0.0289. The molecule has 110 valence electrons. The van der Waals surface area contributed by atoms with Crippen LogP contribution in [-0.4, -0.2) is 46.1 Å². The minimum Gasteiger partial charge on any atom is -0.489 e. The van der Waals surface area contributed by atoms with E-state index in [4.69, 9.17) is 9.84 Å². The molecule has 0 aromatic carbocycles. The third-order valence-corrected chi connectivity index (χ3v) is 3.05. The van der Waals surface area contributed by atoms with Crippen LogP contribution >= 0.6 is 11.8 Å². The van der Waals surface area contributed by atoms with Gasteiger partial charge in [-0.2, -0.15) is 0 Å². The number of rotatable bonds is 8. The molecule has 1 rings (SSSR count). The zero-order chi connectivity index (χ0) is 15.0. The Morgan fingerprint density at radius 1 is 1.50 bits per heavy atom. The Bertz CT molecular complexity index is 465. The van der Waals surface area contributed by atoms with Crippen LogP contribution in [0, 0.1) is 0 Å². The number of ether oxygens (including phenoxy) is 1. The Labute approximate surface area is 121 Å². The number of carbonyl (C=O) groups excluding carboxylic acids is 1. The van der Waals surface area contributed by atoms with E-state index >= 15 is 0 Å². The fourth-order valence-electron chi connectivity index (χ4n) is 1.39. The average molecular weight is 298 g/mol. The van der Waals surface area contributed by atoms with Crippen LogP contribution in [0.4, 0.5) is 0 Å². The normalized spacial score (nSPS) is 10.3. The van der Waals surface area contributed by atoms with Crippen molar-refractivity contribution in [1.29, 1.82) is 0 Å². The molecule has 0 aliphatic heterocycles. The molecule has 2 N–H and O–H groups in total. The number of carboxylic acid groups (broad SMARTS) is 1. The summed E-state index contributed by atoms with van der Waals surface area (Å²) in [5.41, 5.74) is 0.240. The SMILES string of the molecule is CC(C)Oc1cccnc1C(=O)NCCSCC(=O)O. The van der Waals surface area contributed by atoms with Gasteiger partial charge in [-0.25, -0.2) is 4.98 Å². The molecule has 7 heteroatoms. The van der Waals surface area contributed by atoms with E-state index in [0.29, 0.717) is 18.0 Å². The molecule has 1 aromatic rings. The van der Waals surface area contributed by atoms with Crippen LogP contribution in [0.15, 0.2) is 18.3 Å². The summed E-state index contributed by atoms with van der Waals surface area (Å²) >= 11 is 1.25. The van der Waals surface area contributed by atoms with E-state index < -0.39 is 5.97 Å². The number of carbonyl (C=O) groups is 2. The number of nitrogens with zero attached hydrogens (tertiary/aromatic N) is 1. The lowest BCUT2D eigenvalue weighted by Gasteiger charge is -2.13. The third-order valence-electron chi connectivity index (χ3n) is 2.11. The first-order valence-corrected chi connectivity index (χ1v) is 7.35. The minimum atomic E-state index is -0.862. The van der Waals surface area contributed by atoms with Crippen molar-refractivity contribution in [2.24, 2.45) is 0 Å². The fraction of sp³-hybridized carbons (Fsp3) is 0.462. The van der Waals surface area contributed by atoms with Crippen molar-refractivity contribution in [3.8, 4) is 5.75 Å². The van der Waals surface area contributed by atoms with E-state index in [2.05, 4.69) is 10.3 Å². The van der Waals surface area contributed by atoms with Gasteiger partial charge in [-0.05, 0) is 26.0 Å². The van der Waals surface area contributed by atoms with Gasteiger partial charge in [0.15, 0.2) is 11.4 Å². The molecule has 0 aliphatic rings. The zero-order valence-electron chi connectivity index (χ0n) is 11.5. The molecule has 1 heterocycles. The highest BCUT2D eigenvalue weighted by molar-refractivity contribution is 7.99. The number of aliphatic carboxylic acids is 1. The third kappa shape index (κ3) is 5.92. The monoisotopic (exact) mass is 298 g/mol. The second-order valence-corrected chi connectivity index (χ2v) is 5.32. The van der Waals surface area contributed by atoms with Gasteiger partial charge in [0, 0.05) is 18.5 Å². The summed E-state index contributed by atoms with van der Waals surface area (Å²) in [6, 6.07) is 3.40. The van der Waals surface area contributed by atoms with Crippen molar-refractivity contribution in [1.82, 2.24) is 10.3 Å². The predicted octanol–water partition coefficient (Wildman–Crippen LogP) is 1.42. The van der Waals surface area contributed by atoms with Crippen molar-refractivity contribution in [2.75, 3.05) is 18.1 Å². The van der Waals surface area contributed by atoms with E-state index in [1.165, 1.54) is 18.0 Å². The summed E-state index contributed by atoms with van der Waals surface area (Å²) in [7, 11) is 0. The topological polar surface area (TPSA) is 88.5 Å². The lowest BCUT2D eigenvalue weighted by Crippen LogP contribution is -2.27. The summed E-state index contributed by atoms with van der Waals surface area (Å²) in [6.45, 7) is 4.13. The highest BCUT2D eigenvalue weighted by atomic mass is 32.2. The second-order valence-electron chi connectivity index (χ2n) is 4.22. The number of pyridine rings is 1. The van der Waals surface area contributed by atoms with Gasteiger partial charge in [0.25, 0.3) is 5.91 Å². The van der Waals surface area contributed by atoms with Gasteiger partial charge in [-0.1, -0.05) is 0 Å². The number of hydrogen-bond acceptors (Lipinski definition) is 5. The van der Waals surface area contributed by atoms with Crippen molar-refractivity contribution in [3.05, 3.63) is 24.0 Å². The summed E-state index contributed by atoms with van der Waals surface area (Å²) in [4.78, 5) is 26.3. The number of amides is 1. The predicted molar refractivity (Wildman–Crippen MR) is 77.3 cm³/mol. The van der Waals surface area contributed by atoms with E-state index in [1.807, 2.05) is 13.8 Å². The number of aromatic nitrogens is 1. The second kappa shape index (κ2) is 8.42. The van der Waals surface area contributed by atoms with Crippen LogP contribution in [0.25, 0.3) is 0 Å². The molecular formula is C13H18N2O4S. The number of hydrogen-bond donors (Lipinski definition) is 2. The molecule has 1 aromatic heterocycles. The van der Waals surface area contributed by atoms with Crippen molar-refractivity contribution < 1.29 is 19.4 Å². The summed E-state index contributed by atoms with van der Waals surface area (Å²) in [6.07, 6.45) is 1.48. The van der Waals surface area contributed by atoms with Crippen LogP contribution in [0.3, 0.4) is 0 Å². The molecule has 0 bridgehead atoms. The van der Waals surface area contributed by atoms with Gasteiger partial charge in [-0.15, -0.1) is 11.8 Å².